The van der Waals surface area contributed by atoms with Gasteiger partial charge in [0.1, 0.15) is 11.5 Å². The molecule has 1 aromatic carbocycles. The Labute approximate surface area is 121 Å². The summed E-state index contributed by atoms with van der Waals surface area (Å²) in [5.74, 6) is 2.71. The normalized spacial score (nSPS) is 10.2. The molecule has 0 saturated carbocycles. The molecule has 2 aromatic rings. The smallest absolute Gasteiger partial charge is 0.123 e. The number of nitrogens with one attached hydrogen (secondary N) is 1. The first-order chi connectivity index (χ1) is 9.22. The topological polar surface area (TPSA) is 49.0 Å². The minimum atomic E-state index is 0.537. The van der Waals surface area contributed by atoms with Crippen LogP contribution in [0.3, 0.4) is 0 Å². The maximum Gasteiger partial charge on any atom is 0.123 e. The highest BCUT2D eigenvalue weighted by Crippen LogP contribution is 2.23. The van der Waals surface area contributed by atoms with Gasteiger partial charge in [0.15, 0.2) is 0 Å². The zero-order valence-corrected chi connectivity index (χ0v) is 12.0. The minimum Gasteiger partial charge on any atom is -0.463 e. The molecular formula is C14H13ClN2OS. The van der Waals surface area contributed by atoms with Gasteiger partial charge in [0.05, 0.1) is 34.6 Å². The van der Waals surface area contributed by atoms with Gasteiger partial charge in [-0.2, -0.15) is 17.0 Å². The lowest BCUT2D eigenvalue weighted by Gasteiger charge is -2.06. The highest BCUT2D eigenvalue weighted by atomic mass is 35.5. The fraction of sp³-hybridized carbons (Fsp3) is 0.214. The van der Waals surface area contributed by atoms with Crippen LogP contribution >= 0.6 is 23.4 Å². The molecule has 1 N–H and O–H groups in total. The van der Waals surface area contributed by atoms with E-state index in [4.69, 9.17) is 21.3 Å². The number of anilines is 1. The molecule has 5 heteroatoms. The van der Waals surface area contributed by atoms with Crippen LogP contribution in [0, 0.1) is 11.3 Å². The van der Waals surface area contributed by atoms with Gasteiger partial charge < -0.3 is 9.73 Å². The Morgan fingerprint density at radius 2 is 2.11 bits per heavy atom. The first-order valence-electron chi connectivity index (χ1n) is 5.73. The molecule has 0 atom stereocenters. The highest BCUT2D eigenvalue weighted by molar-refractivity contribution is 7.97. The molecule has 98 valence electrons. The quantitative estimate of drug-likeness (QED) is 0.893. The van der Waals surface area contributed by atoms with Gasteiger partial charge in [-0.05, 0) is 36.6 Å². The van der Waals surface area contributed by atoms with E-state index in [2.05, 4.69) is 11.4 Å². The lowest BCUT2D eigenvalue weighted by atomic mass is 10.2. The highest BCUT2D eigenvalue weighted by Gasteiger charge is 2.04. The van der Waals surface area contributed by atoms with Crippen LogP contribution in [-0.2, 0) is 12.3 Å². The van der Waals surface area contributed by atoms with Crippen molar-refractivity contribution in [3.63, 3.8) is 0 Å². The summed E-state index contributed by atoms with van der Waals surface area (Å²) in [6.45, 7) is 0.569. The van der Waals surface area contributed by atoms with E-state index in [0.29, 0.717) is 17.1 Å². The lowest BCUT2D eigenvalue weighted by molar-refractivity contribution is 0.487. The van der Waals surface area contributed by atoms with Crippen molar-refractivity contribution in [1.29, 1.82) is 5.26 Å². The Balaban J connectivity index is 2.00. The molecule has 0 fully saturated rings. The number of thioether (sulfide) groups is 1. The summed E-state index contributed by atoms with van der Waals surface area (Å²) in [5, 5.41) is 12.5. The number of nitriles is 1. The average Bonchev–Trinajstić information content (AvgIpc) is 2.85. The Kier molecular flexibility index (Phi) is 4.78. The summed E-state index contributed by atoms with van der Waals surface area (Å²) >= 11 is 7.80. The molecule has 19 heavy (non-hydrogen) atoms. The maximum atomic E-state index is 8.77. The van der Waals surface area contributed by atoms with Crippen molar-refractivity contribution >= 4 is 29.1 Å². The van der Waals surface area contributed by atoms with Crippen LogP contribution in [0.25, 0.3) is 0 Å². The fourth-order valence-electron chi connectivity index (χ4n) is 1.65. The zero-order valence-electron chi connectivity index (χ0n) is 10.4. The molecule has 0 amide bonds. The number of hydrogen-bond donors (Lipinski definition) is 1. The maximum absolute atomic E-state index is 8.77. The molecule has 0 radical (unpaired) electrons. The van der Waals surface area contributed by atoms with Crippen molar-refractivity contribution in [3.05, 3.63) is 52.4 Å². The predicted molar refractivity (Wildman–Crippen MR) is 79.4 cm³/mol. The van der Waals surface area contributed by atoms with Crippen molar-refractivity contribution in [2.75, 3.05) is 11.6 Å². The van der Waals surface area contributed by atoms with Gasteiger partial charge in [-0.3, -0.25) is 0 Å². The molecule has 0 unspecified atom stereocenters. The monoisotopic (exact) mass is 292 g/mol. The van der Waals surface area contributed by atoms with Crippen LogP contribution in [0.2, 0.25) is 5.02 Å². The number of benzene rings is 1. The summed E-state index contributed by atoms with van der Waals surface area (Å²) in [5.41, 5.74) is 1.35. The third-order valence-electron chi connectivity index (χ3n) is 2.56. The second kappa shape index (κ2) is 6.55. The van der Waals surface area contributed by atoms with E-state index in [1.165, 1.54) is 0 Å². The van der Waals surface area contributed by atoms with E-state index in [0.717, 1.165) is 23.0 Å². The van der Waals surface area contributed by atoms with Gasteiger partial charge >= 0.3 is 0 Å². The number of nitrogens with zero attached hydrogens (tertiary/aromatic N) is 1. The molecule has 0 spiro atoms. The minimum absolute atomic E-state index is 0.537. The summed E-state index contributed by atoms with van der Waals surface area (Å²) in [7, 11) is 0. The number of rotatable bonds is 5. The molecule has 0 aliphatic rings. The van der Waals surface area contributed by atoms with E-state index >= 15 is 0 Å². The van der Waals surface area contributed by atoms with Gasteiger partial charge in [0, 0.05) is 0 Å². The molecule has 3 nitrogen and oxygen atoms in total. The molecule has 0 aliphatic carbocycles. The fourth-order valence-corrected chi connectivity index (χ4v) is 2.33. The average molecular weight is 293 g/mol. The van der Waals surface area contributed by atoms with Gasteiger partial charge in [-0.25, -0.2) is 0 Å². The molecule has 0 bridgehead atoms. The molecular weight excluding hydrogens is 280 g/mol. The van der Waals surface area contributed by atoms with E-state index in [-0.39, 0.29) is 0 Å². The third-order valence-corrected chi connectivity index (χ3v) is 3.44. The standard InChI is InChI=1S/C14H13ClN2OS/c1-19-9-12-4-3-11(18-12)8-17-14-5-2-10(7-16)6-13(14)15/h2-6,17H,8-9H2,1H3. The van der Waals surface area contributed by atoms with E-state index in [1.807, 2.05) is 18.4 Å². The molecule has 0 aliphatic heterocycles. The van der Waals surface area contributed by atoms with Crippen molar-refractivity contribution in [2.45, 2.75) is 12.3 Å². The largest absolute Gasteiger partial charge is 0.463 e. The van der Waals surface area contributed by atoms with Crippen LogP contribution in [-0.4, -0.2) is 6.26 Å². The van der Waals surface area contributed by atoms with Gasteiger partial charge in [-0.1, -0.05) is 11.6 Å². The molecule has 1 heterocycles. The number of furan rings is 1. The Morgan fingerprint density at radius 3 is 2.79 bits per heavy atom. The van der Waals surface area contributed by atoms with Crippen LogP contribution in [0.4, 0.5) is 5.69 Å². The van der Waals surface area contributed by atoms with Crippen LogP contribution < -0.4 is 5.32 Å². The summed E-state index contributed by atoms with van der Waals surface area (Å²) in [6.07, 6.45) is 2.04. The zero-order chi connectivity index (χ0) is 13.7. The number of hydrogen-bond acceptors (Lipinski definition) is 4. The van der Waals surface area contributed by atoms with Crippen molar-refractivity contribution in [1.82, 2.24) is 0 Å². The summed E-state index contributed by atoms with van der Waals surface area (Å²) < 4.78 is 5.65. The first-order valence-corrected chi connectivity index (χ1v) is 7.50. The Hall–Kier alpha value is -1.57. The Morgan fingerprint density at radius 1 is 1.32 bits per heavy atom. The number of halogens is 1. The first kappa shape index (κ1) is 13.9. The van der Waals surface area contributed by atoms with Crippen LogP contribution in [0.15, 0.2) is 34.7 Å². The van der Waals surface area contributed by atoms with Crippen molar-refractivity contribution < 1.29 is 4.42 Å². The van der Waals surface area contributed by atoms with E-state index in [9.17, 15) is 0 Å². The molecule has 1 aromatic heterocycles. The SMILES string of the molecule is CSCc1ccc(CNc2ccc(C#N)cc2Cl)o1. The van der Waals surface area contributed by atoms with E-state index in [1.54, 1.807) is 30.0 Å². The molecule has 0 saturated heterocycles. The van der Waals surface area contributed by atoms with Gasteiger partial charge in [-0.15, -0.1) is 0 Å². The van der Waals surface area contributed by atoms with Crippen LogP contribution in [0.1, 0.15) is 17.1 Å². The third kappa shape index (κ3) is 3.69. The Bertz CT molecular complexity index is 604. The van der Waals surface area contributed by atoms with Crippen LogP contribution in [0.5, 0.6) is 0 Å². The van der Waals surface area contributed by atoms with E-state index < -0.39 is 0 Å². The van der Waals surface area contributed by atoms with Gasteiger partial charge in [0.2, 0.25) is 0 Å². The summed E-state index contributed by atoms with van der Waals surface area (Å²) in [6, 6.07) is 11.2. The second-order valence-corrected chi connectivity index (χ2v) is 5.23. The van der Waals surface area contributed by atoms with Crippen molar-refractivity contribution in [2.24, 2.45) is 0 Å². The lowest BCUT2D eigenvalue weighted by Crippen LogP contribution is -1.98. The summed E-state index contributed by atoms with van der Waals surface area (Å²) in [4.78, 5) is 0. The second-order valence-electron chi connectivity index (χ2n) is 3.96. The predicted octanol–water partition coefficient (Wildman–Crippen LogP) is 4.28. The van der Waals surface area contributed by atoms with Crippen molar-refractivity contribution in [3.8, 4) is 6.07 Å². The molecule has 2 rings (SSSR count). The van der Waals surface area contributed by atoms with Gasteiger partial charge in [0.25, 0.3) is 0 Å².